The predicted molar refractivity (Wildman–Crippen MR) is 416 cm³/mol. The van der Waals surface area contributed by atoms with Crippen LogP contribution in [0.4, 0.5) is 9.59 Å². The van der Waals surface area contributed by atoms with Crippen molar-refractivity contribution < 1.29 is 58.0 Å². The number of hydrogen-bond donors (Lipinski definition) is 10. The number of thioether (sulfide) groups is 2. The van der Waals surface area contributed by atoms with E-state index in [0.717, 1.165) is 114 Å². The average molecular weight is 1500 g/mol. The lowest BCUT2D eigenvalue weighted by atomic mass is 9.60. The van der Waals surface area contributed by atoms with Gasteiger partial charge in [-0.1, -0.05) is 113 Å². The van der Waals surface area contributed by atoms with Crippen LogP contribution < -0.4 is 43.0 Å². The third kappa shape index (κ3) is 23.9. The number of ether oxygens (including phenoxy) is 2. The molecule has 11 N–H and O–H groups in total. The Hall–Kier alpha value is -5.30. The average Bonchev–Trinajstić information content (AvgIpc) is 1.64. The number of fused-ring (bicyclic) bond motifs is 4. The predicted octanol–water partition coefficient (Wildman–Crippen LogP) is 12.1. The first-order valence-electron chi connectivity index (χ1n) is 40.1. The Morgan fingerprint density at radius 3 is 1.49 bits per heavy atom. The Balaban J connectivity index is 0.000000196. The number of nitrogens with two attached hydrogens (primary N) is 1. The normalized spacial score (nSPS) is 32.8. The Kier molecular flexibility index (Phi) is 30.6. The third-order valence-corrected chi connectivity index (χ3v) is 28.0. The van der Waals surface area contributed by atoms with Crippen LogP contribution in [0.3, 0.4) is 0 Å². The summed E-state index contributed by atoms with van der Waals surface area (Å²) in [7, 11) is 0. The SMILES string of the molecule is C=C1CCC(OCCCNC(=O)CNC(=O)C[C@H]2CC3NC(=O)NC3S2)C/C1=C/C=C1\CCC[C@@]2(C)C1CCC2[C@H](C)CCCC(C)(C)O.C=C1CC[C@H](OCCCN)C/C1=C/C=C1\CCC[C@@]2(C)C1CCC2[C@H](C)CCCC(C)(C)O.O=C(C[C@H]1C[C@H]2NC(=O)N[C@H]2S1)NCC(=O)N1C(=O)CCC1=O. The van der Waals surface area contributed by atoms with Crippen molar-refractivity contribution in [1.82, 2.24) is 42.1 Å². The molecule has 105 heavy (non-hydrogen) atoms. The Morgan fingerprint density at radius 1 is 0.600 bits per heavy atom. The first-order chi connectivity index (χ1) is 49.9. The van der Waals surface area contributed by atoms with E-state index < -0.39 is 28.9 Å². The van der Waals surface area contributed by atoms with Crippen LogP contribution in [0.1, 0.15) is 248 Å². The minimum absolute atomic E-state index is 0.0202. The maximum Gasteiger partial charge on any atom is 0.316 e. The molecular weight excluding hydrogens is 1370 g/mol. The van der Waals surface area contributed by atoms with Crippen LogP contribution in [-0.2, 0) is 38.2 Å². The van der Waals surface area contributed by atoms with E-state index in [1.54, 1.807) is 22.9 Å². The monoisotopic (exact) mass is 1500 g/mol. The number of nitrogens with one attached hydrogen (secondary N) is 7. The Labute approximate surface area is 634 Å². The fourth-order valence-corrected chi connectivity index (χ4v) is 22.4. The smallest absolute Gasteiger partial charge is 0.316 e. The van der Waals surface area contributed by atoms with Gasteiger partial charge in [-0.2, -0.15) is 0 Å². The van der Waals surface area contributed by atoms with E-state index in [-0.39, 0.29) is 102 Å². The number of rotatable bonds is 29. The highest BCUT2D eigenvalue weighted by Gasteiger charge is 2.52. The van der Waals surface area contributed by atoms with Crippen molar-refractivity contribution >= 4 is 71.0 Å². The number of nitrogens with zero attached hydrogens (tertiary/aromatic N) is 1. The van der Waals surface area contributed by atoms with Crippen LogP contribution in [0, 0.1) is 46.3 Å². The van der Waals surface area contributed by atoms with Gasteiger partial charge < -0.3 is 62.6 Å². The van der Waals surface area contributed by atoms with Crippen LogP contribution in [0.25, 0.3) is 0 Å². The number of likely N-dealkylation sites (tertiary alicyclic amines) is 1. The van der Waals surface area contributed by atoms with E-state index in [4.69, 9.17) is 15.2 Å². The van der Waals surface area contributed by atoms with Crippen LogP contribution in [-0.4, -0.2) is 159 Å². The molecule has 0 aromatic carbocycles. The number of carbonyl (C=O) groups is 8. The van der Waals surface area contributed by atoms with Crippen LogP contribution in [0.15, 0.2) is 70.9 Å². The molecule has 6 saturated carbocycles. The molecule has 6 aliphatic carbocycles. The molecule has 0 radical (unpaired) electrons. The molecule has 11 rings (SSSR count). The minimum atomic E-state index is -0.698. The number of amides is 10. The van der Waals surface area contributed by atoms with Gasteiger partial charge in [0, 0.05) is 55.9 Å². The molecular formula is C82H129N9O12S2. The van der Waals surface area contributed by atoms with Crippen molar-refractivity contribution in [2.24, 2.45) is 52.1 Å². The molecule has 0 aromatic heterocycles. The minimum Gasteiger partial charge on any atom is -0.390 e. The van der Waals surface area contributed by atoms with Gasteiger partial charge in [-0.15, -0.1) is 23.5 Å². The van der Waals surface area contributed by atoms with Gasteiger partial charge in [0.15, 0.2) is 0 Å². The number of aliphatic hydroxyl groups is 2. The summed E-state index contributed by atoms with van der Waals surface area (Å²) in [6, 6.07) is -0.246. The molecule has 11 aliphatic rings. The zero-order valence-corrected chi connectivity index (χ0v) is 66.2. The van der Waals surface area contributed by atoms with Crippen molar-refractivity contribution in [3.8, 4) is 0 Å². The molecule has 5 aliphatic heterocycles. The summed E-state index contributed by atoms with van der Waals surface area (Å²) in [6.45, 7) is 28.7. The van der Waals surface area contributed by atoms with Gasteiger partial charge in [-0.05, 0) is 233 Å². The maximum atomic E-state index is 12.3. The number of carbonyl (C=O) groups excluding carboxylic acids is 8. The second-order valence-electron chi connectivity index (χ2n) is 34.2. The van der Waals surface area contributed by atoms with E-state index in [9.17, 15) is 48.6 Å². The topological polar surface area (TPSA) is 309 Å². The second kappa shape index (κ2) is 38.4. The fourth-order valence-electron chi connectivity index (χ4n) is 19.4. The summed E-state index contributed by atoms with van der Waals surface area (Å²) in [5, 5.41) is 39.8. The highest BCUT2D eigenvalue weighted by Crippen LogP contribution is 2.61. The molecule has 5 heterocycles. The molecule has 5 saturated heterocycles. The molecule has 0 aromatic rings. The molecule has 11 fully saturated rings. The van der Waals surface area contributed by atoms with E-state index >= 15 is 0 Å². The molecule has 16 atom stereocenters. The summed E-state index contributed by atoms with van der Waals surface area (Å²) >= 11 is 3.12. The zero-order valence-electron chi connectivity index (χ0n) is 64.6. The lowest BCUT2D eigenvalue weighted by Gasteiger charge is -2.44. The molecule has 0 spiro atoms. The van der Waals surface area contributed by atoms with E-state index in [2.05, 4.69) is 102 Å². The second-order valence-corrected chi connectivity index (χ2v) is 37.1. The van der Waals surface area contributed by atoms with Crippen LogP contribution in [0.2, 0.25) is 0 Å². The molecule has 7 unspecified atom stereocenters. The van der Waals surface area contributed by atoms with Crippen molar-refractivity contribution in [3.05, 3.63) is 70.9 Å². The maximum absolute atomic E-state index is 12.3. The highest BCUT2D eigenvalue weighted by atomic mass is 32.2. The van der Waals surface area contributed by atoms with Crippen LogP contribution >= 0.6 is 23.5 Å². The summed E-state index contributed by atoms with van der Waals surface area (Å²) in [5.41, 5.74) is 13.9. The van der Waals surface area contributed by atoms with Crippen molar-refractivity contribution in [2.45, 2.75) is 305 Å². The van der Waals surface area contributed by atoms with Crippen molar-refractivity contribution in [1.29, 1.82) is 0 Å². The first kappa shape index (κ1) is 83.7. The molecule has 0 bridgehead atoms. The van der Waals surface area contributed by atoms with Crippen molar-refractivity contribution in [3.63, 3.8) is 0 Å². The summed E-state index contributed by atoms with van der Waals surface area (Å²) in [6.07, 6.45) is 39.3. The number of imide groups is 3. The number of hydrogen-bond acceptors (Lipinski definition) is 15. The number of urea groups is 2. The molecule has 586 valence electrons. The molecule has 23 heteroatoms. The molecule has 10 amide bonds. The first-order valence-corrected chi connectivity index (χ1v) is 41.9. The standard InChI is InChI=1S/C39H62N4O5S.C30H51NO2.C13H16N4O5S/c1-25-11-14-29(48-20-8-19-40-35(45)24-41-34(44)23-30-22-33-36(49-30)43-37(46)42-33)21-28(25)13-12-27-10-7-18-39(5)31(15-16-32(27)39)26(2)9-6-17-38(3,4)47;1-22-11-14-26(33-20-8-19-31)21-25(22)13-12-24-10-7-18-30(5)27(15-16-28(24)30)23(2)9-6-17-29(3,4)32;18-8(4-6-3-7-12(23-6)16-13(22)15-7)14-5-11(21)17-9(19)1-2-10(17)20/h12-13,26,29-33,36,47H,1,6-11,14-24H2,2-5H3,(H,40,45)(H,41,44)(H2,42,43,46);12-13,23,26-28,32H,1,6-11,14-21,31H2,2-5H3;6-7,12H,1-5H2,(H,14,18)(H2,15,16,22)/b27-12+,28-13-;24-12+,25-13-;/t26-,29?,30-,31?,32?,33?,36?,39-;23-,26+,27?,28?,30-;6-,7-,12+/m111/s1. The lowest BCUT2D eigenvalue weighted by molar-refractivity contribution is -0.149. The number of allylic oxidation sites excluding steroid dienone is 8. The van der Waals surface area contributed by atoms with Gasteiger partial charge in [0.25, 0.3) is 5.91 Å². The van der Waals surface area contributed by atoms with E-state index in [1.165, 1.54) is 111 Å². The van der Waals surface area contributed by atoms with Gasteiger partial charge in [0.1, 0.15) is 0 Å². The van der Waals surface area contributed by atoms with E-state index in [1.807, 2.05) is 27.7 Å². The largest absolute Gasteiger partial charge is 0.390 e. The van der Waals surface area contributed by atoms with Gasteiger partial charge in [0.2, 0.25) is 29.5 Å². The third-order valence-electron chi connectivity index (χ3n) is 25.0. The van der Waals surface area contributed by atoms with Gasteiger partial charge in [-0.3, -0.25) is 28.8 Å². The van der Waals surface area contributed by atoms with Crippen LogP contribution in [0.5, 0.6) is 0 Å². The highest BCUT2D eigenvalue weighted by molar-refractivity contribution is 8.01. The quantitative estimate of drug-likeness (QED) is 0.0246. The van der Waals surface area contributed by atoms with Gasteiger partial charge in [-0.25, -0.2) is 14.5 Å². The Morgan fingerprint density at radius 2 is 1.05 bits per heavy atom. The lowest BCUT2D eigenvalue weighted by Crippen LogP contribution is -2.43. The Bertz CT molecular complexity index is 3180. The van der Waals surface area contributed by atoms with E-state index in [0.29, 0.717) is 66.2 Å². The summed E-state index contributed by atoms with van der Waals surface area (Å²) in [5.74, 6) is 2.01. The van der Waals surface area contributed by atoms with Crippen molar-refractivity contribution in [2.75, 3.05) is 39.4 Å². The van der Waals surface area contributed by atoms with Gasteiger partial charge >= 0.3 is 12.1 Å². The zero-order chi connectivity index (χ0) is 75.8. The summed E-state index contributed by atoms with van der Waals surface area (Å²) < 4.78 is 12.3. The molecule has 21 nitrogen and oxygen atoms in total. The van der Waals surface area contributed by atoms with Gasteiger partial charge in [0.05, 0.1) is 59.3 Å². The fraction of sp³-hybridized carbons (Fsp3) is 0.756. The summed E-state index contributed by atoms with van der Waals surface area (Å²) in [4.78, 5) is 94.3.